The number of methoxy groups -OCH3 is 1. The second-order valence-corrected chi connectivity index (χ2v) is 5.52. The zero-order chi connectivity index (χ0) is 18.7. The Bertz CT molecular complexity index is 950. The Kier molecular flexibility index (Phi) is 4.71. The molecule has 2 amide bonds. The lowest BCUT2D eigenvalue weighted by atomic mass is 10.1. The third kappa shape index (κ3) is 3.72. The van der Waals surface area contributed by atoms with E-state index in [4.69, 9.17) is 4.74 Å². The first-order valence-corrected chi connectivity index (χ1v) is 7.69. The summed E-state index contributed by atoms with van der Waals surface area (Å²) in [4.78, 5) is 12.3. The predicted octanol–water partition coefficient (Wildman–Crippen LogP) is 5.51. The number of halogens is 3. The molecule has 7 heteroatoms. The van der Waals surface area contributed by atoms with Crippen LogP contribution < -0.4 is 15.4 Å². The largest absolute Gasteiger partial charge is 0.495 e. The molecule has 3 rings (SSSR count). The summed E-state index contributed by atoms with van der Waals surface area (Å²) in [5.41, 5.74) is -0.398. The van der Waals surface area contributed by atoms with Crippen LogP contribution in [-0.2, 0) is 6.18 Å². The van der Waals surface area contributed by atoms with E-state index in [1.54, 1.807) is 12.1 Å². The van der Waals surface area contributed by atoms with Crippen molar-refractivity contribution in [1.29, 1.82) is 0 Å². The Labute approximate surface area is 147 Å². The minimum Gasteiger partial charge on any atom is -0.495 e. The topological polar surface area (TPSA) is 50.4 Å². The summed E-state index contributed by atoms with van der Waals surface area (Å²) in [6.07, 6.45) is -4.52. The molecule has 3 aromatic carbocycles. The molecule has 0 saturated heterocycles. The van der Waals surface area contributed by atoms with E-state index in [0.29, 0.717) is 5.69 Å². The van der Waals surface area contributed by atoms with Crippen molar-refractivity contribution in [2.24, 2.45) is 0 Å². The monoisotopic (exact) mass is 360 g/mol. The van der Waals surface area contributed by atoms with E-state index >= 15 is 0 Å². The van der Waals surface area contributed by atoms with Crippen LogP contribution in [0.15, 0.2) is 60.7 Å². The van der Waals surface area contributed by atoms with Crippen molar-refractivity contribution in [3.63, 3.8) is 0 Å². The Morgan fingerprint density at radius 3 is 2.35 bits per heavy atom. The van der Waals surface area contributed by atoms with Gasteiger partial charge in [-0.3, -0.25) is 0 Å². The number of urea groups is 1. The van der Waals surface area contributed by atoms with Gasteiger partial charge < -0.3 is 15.4 Å². The van der Waals surface area contributed by atoms with E-state index in [1.807, 2.05) is 30.3 Å². The quantitative estimate of drug-likeness (QED) is 0.647. The first-order valence-electron chi connectivity index (χ1n) is 7.69. The number of anilines is 2. The van der Waals surface area contributed by atoms with Crippen LogP contribution in [0.4, 0.5) is 29.3 Å². The van der Waals surface area contributed by atoms with Gasteiger partial charge in [0, 0.05) is 5.39 Å². The summed E-state index contributed by atoms with van der Waals surface area (Å²) in [6.45, 7) is 0. The first-order chi connectivity index (χ1) is 12.4. The number of alkyl halides is 3. The normalized spacial score (nSPS) is 11.2. The van der Waals surface area contributed by atoms with Gasteiger partial charge in [-0.25, -0.2) is 4.79 Å². The van der Waals surface area contributed by atoms with Crippen molar-refractivity contribution < 1.29 is 22.7 Å². The molecule has 0 saturated carbocycles. The zero-order valence-corrected chi connectivity index (χ0v) is 13.7. The van der Waals surface area contributed by atoms with Crippen molar-refractivity contribution >= 4 is 28.2 Å². The van der Waals surface area contributed by atoms with E-state index in [2.05, 4.69) is 10.6 Å². The molecule has 3 aromatic rings. The maximum atomic E-state index is 12.9. The fraction of sp³-hybridized carbons (Fsp3) is 0.105. The van der Waals surface area contributed by atoms with E-state index in [0.717, 1.165) is 29.0 Å². The van der Waals surface area contributed by atoms with Crippen LogP contribution in [0.1, 0.15) is 5.56 Å². The SMILES string of the molecule is COc1ccc(C(F)(F)F)cc1NC(=O)Nc1cccc2ccccc12. The third-order valence-electron chi connectivity index (χ3n) is 3.81. The van der Waals surface area contributed by atoms with Crippen LogP contribution in [0.25, 0.3) is 10.8 Å². The number of nitrogens with one attached hydrogen (secondary N) is 2. The molecule has 0 heterocycles. The van der Waals surface area contributed by atoms with Gasteiger partial charge in [0.1, 0.15) is 5.75 Å². The Hall–Kier alpha value is -3.22. The Balaban J connectivity index is 1.86. The highest BCUT2D eigenvalue weighted by Gasteiger charge is 2.31. The van der Waals surface area contributed by atoms with Crippen LogP contribution in [0.2, 0.25) is 0 Å². The van der Waals surface area contributed by atoms with Crippen molar-refractivity contribution in [3.8, 4) is 5.75 Å². The number of hydrogen-bond donors (Lipinski definition) is 2. The third-order valence-corrected chi connectivity index (χ3v) is 3.81. The van der Waals surface area contributed by atoms with E-state index in [9.17, 15) is 18.0 Å². The van der Waals surface area contributed by atoms with E-state index < -0.39 is 17.8 Å². The highest BCUT2D eigenvalue weighted by molar-refractivity contribution is 6.06. The number of hydrogen-bond acceptors (Lipinski definition) is 2. The molecular formula is C19H15F3N2O2. The number of carbonyl (C=O) groups excluding carboxylic acids is 1. The second-order valence-electron chi connectivity index (χ2n) is 5.52. The molecule has 0 fully saturated rings. The minimum absolute atomic E-state index is 0.0694. The van der Waals surface area contributed by atoms with Crippen LogP contribution in [0, 0.1) is 0 Å². The molecule has 0 aliphatic rings. The predicted molar refractivity (Wildman–Crippen MR) is 94.6 cm³/mol. The number of amides is 2. The summed E-state index contributed by atoms with van der Waals surface area (Å²) in [6, 6.07) is 15.1. The smallest absolute Gasteiger partial charge is 0.416 e. The van der Waals surface area contributed by atoms with E-state index in [1.165, 1.54) is 7.11 Å². The van der Waals surface area contributed by atoms with Gasteiger partial charge in [-0.1, -0.05) is 36.4 Å². The van der Waals surface area contributed by atoms with Gasteiger partial charge in [-0.2, -0.15) is 13.2 Å². The molecule has 0 aliphatic carbocycles. The van der Waals surface area contributed by atoms with Gasteiger partial charge in [-0.15, -0.1) is 0 Å². The summed E-state index contributed by atoms with van der Waals surface area (Å²) >= 11 is 0. The Morgan fingerprint density at radius 1 is 0.923 bits per heavy atom. The molecule has 0 radical (unpaired) electrons. The standard InChI is InChI=1S/C19H15F3N2O2/c1-26-17-10-9-13(19(20,21)22)11-16(17)24-18(25)23-15-8-4-6-12-5-2-3-7-14(12)15/h2-11H,1H3,(H2,23,24,25). The fourth-order valence-electron chi connectivity index (χ4n) is 2.59. The van der Waals surface area contributed by atoms with Crippen LogP contribution in [0.3, 0.4) is 0 Å². The molecule has 0 aromatic heterocycles. The fourth-order valence-corrected chi connectivity index (χ4v) is 2.59. The van der Waals surface area contributed by atoms with Crippen molar-refractivity contribution in [2.45, 2.75) is 6.18 Å². The molecule has 0 spiro atoms. The summed E-state index contributed by atoms with van der Waals surface area (Å²) in [5, 5.41) is 6.82. The lowest BCUT2D eigenvalue weighted by Gasteiger charge is -2.15. The number of rotatable bonds is 3. The maximum absolute atomic E-state index is 12.9. The van der Waals surface area contributed by atoms with Crippen LogP contribution >= 0.6 is 0 Å². The molecular weight excluding hydrogens is 345 g/mol. The van der Waals surface area contributed by atoms with Gasteiger partial charge in [-0.05, 0) is 29.7 Å². The zero-order valence-electron chi connectivity index (χ0n) is 13.7. The van der Waals surface area contributed by atoms with Crippen molar-refractivity contribution in [2.75, 3.05) is 17.7 Å². The van der Waals surface area contributed by atoms with Gasteiger partial charge in [0.05, 0.1) is 24.0 Å². The van der Waals surface area contributed by atoms with E-state index in [-0.39, 0.29) is 11.4 Å². The summed E-state index contributed by atoms with van der Waals surface area (Å²) in [5.74, 6) is 0.131. The molecule has 134 valence electrons. The molecule has 0 aliphatic heterocycles. The highest BCUT2D eigenvalue weighted by Crippen LogP contribution is 2.35. The van der Waals surface area contributed by atoms with Gasteiger partial charge in [0.15, 0.2) is 0 Å². The van der Waals surface area contributed by atoms with Gasteiger partial charge in [0.25, 0.3) is 0 Å². The molecule has 0 unspecified atom stereocenters. The molecule has 2 N–H and O–H groups in total. The van der Waals surface area contributed by atoms with Crippen LogP contribution in [-0.4, -0.2) is 13.1 Å². The van der Waals surface area contributed by atoms with Crippen LogP contribution in [0.5, 0.6) is 5.75 Å². The molecule has 4 nitrogen and oxygen atoms in total. The first kappa shape index (κ1) is 17.6. The van der Waals surface area contributed by atoms with Crippen molar-refractivity contribution in [1.82, 2.24) is 0 Å². The van der Waals surface area contributed by atoms with Gasteiger partial charge in [0.2, 0.25) is 0 Å². The number of carbonyl (C=O) groups is 1. The number of fused-ring (bicyclic) bond motifs is 1. The molecule has 26 heavy (non-hydrogen) atoms. The highest BCUT2D eigenvalue weighted by atomic mass is 19.4. The molecule has 0 bridgehead atoms. The average molecular weight is 360 g/mol. The Morgan fingerprint density at radius 2 is 1.62 bits per heavy atom. The lowest BCUT2D eigenvalue weighted by Crippen LogP contribution is -2.20. The number of ether oxygens (including phenoxy) is 1. The van der Waals surface area contributed by atoms with Gasteiger partial charge >= 0.3 is 12.2 Å². The average Bonchev–Trinajstić information content (AvgIpc) is 2.61. The lowest BCUT2D eigenvalue weighted by molar-refractivity contribution is -0.137. The second kappa shape index (κ2) is 6.95. The number of benzene rings is 3. The summed E-state index contributed by atoms with van der Waals surface area (Å²) in [7, 11) is 1.32. The van der Waals surface area contributed by atoms with Crippen molar-refractivity contribution in [3.05, 3.63) is 66.2 Å². The summed E-state index contributed by atoms with van der Waals surface area (Å²) < 4.78 is 43.7. The maximum Gasteiger partial charge on any atom is 0.416 e. The molecule has 0 atom stereocenters. The minimum atomic E-state index is -4.52.